The first-order valence-corrected chi connectivity index (χ1v) is 7.71. The molecule has 0 aliphatic carbocycles. The van der Waals surface area contributed by atoms with Crippen molar-refractivity contribution in [1.82, 2.24) is 4.90 Å². The Labute approximate surface area is 136 Å². The molecule has 2 aromatic carbocycles. The van der Waals surface area contributed by atoms with Crippen LogP contribution in [0, 0.1) is 10.1 Å². The first kappa shape index (κ1) is 17.1. The van der Waals surface area contributed by atoms with Crippen LogP contribution in [0.1, 0.15) is 23.7 Å². The predicted octanol–water partition coefficient (Wildman–Crippen LogP) is 3.19. The molecule has 0 bridgehead atoms. The maximum Gasteiger partial charge on any atom is 0.269 e. The fourth-order valence-corrected chi connectivity index (χ4v) is 2.50. The van der Waals surface area contributed by atoms with Crippen LogP contribution in [0.25, 0.3) is 0 Å². The SMILES string of the molecule is CN(CCCc1ccc([N+](=O)[O-])cc1)C[C@@H](O)c1ccccc1. The summed E-state index contributed by atoms with van der Waals surface area (Å²) < 4.78 is 0. The second-order valence-corrected chi connectivity index (χ2v) is 5.72. The zero-order valence-corrected chi connectivity index (χ0v) is 13.3. The number of likely N-dealkylation sites (N-methyl/N-ethyl adjacent to an activating group) is 1. The van der Waals surface area contributed by atoms with Crippen LogP contribution in [0.15, 0.2) is 54.6 Å². The van der Waals surface area contributed by atoms with E-state index >= 15 is 0 Å². The molecular formula is C18H22N2O3. The average molecular weight is 314 g/mol. The zero-order chi connectivity index (χ0) is 16.7. The van der Waals surface area contributed by atoms with E-state index in [9.17, 15) is 15.2 Å². The Hall–Kier alpha value is -2.24. The largest absolute Gasteiger partial charge is 0.387 e. The third-order valence-electron chi connectivity index (χ3n) is 3.82. The smallest absolute Gasteiger partial charge is 0.269 e. The lowest BCUT2D eigenvalue weighted by atomic mass is 10.1. The number of aryl methyl sites for hydroxylation is 1. The van der Waals surface area contributed by atoms with Gasteiger partial charge < -0.3 is 10.0 Å². The number of rotatable bonds is 8. The van der Waals surface area contributed by atoms with Crippen LogP contribution >= 0.6 is 0 Å². The molecule has 0 aliphatic rings. The Kier molecular flexibility index (Phi) is 6.26. The lowest BCUT2D eigenvalue weighted by molar-refractivity contribution is -0.384. The van der Waals surface area contributed by atoms with Crippen LogP contribution in [0.3, 0.4) is 0 Å². The van der Waals surface area contributed by atoms with Gasteiger partial charge in [0.2, 0.25) is 0 Å². The number of nitro benzene ring substituents is 1. The van der Waals surface area contributed by atoms with Crippen molar-refractivity contribution in [2.24, 2.45) is 0 Å². The molecule has 0 fully saturated rings. The molecule has 5 heteroatoms. The van der Waals surface area contributed by atoms with Crippen molar-refractivity contribution in [3.05, 3.63) is 75.8 Å². The topological polar surface area (TPSA) is 66.6 Å². The summed E-state index contributed by atoms with van der Waals surface area (Å²) >= 11 is 0. The minimum atomic E-state index is -0.486. The van der Waals surface area contributed by atoms with Gasteiger partial charge in [0, 0.05) is 18.7 Å². The molecule has 0 aromatic heterocycles. The van der Waals surface area contributed by atoms with Crippen LogP contribution in [-0.2, 0) is 6.42 Å². The molecular weight excluding hydrogens is 292 g/mol. The van der Waals surface area contributed by atoms with E-state index in [1.807, 2.05) is 37.4 Å². The van der Waals surface area contributed by atoms with Crippen LogP contribution in [0.5, 0.6) is 0 Å². The number of hydrogen-bond acceptors (Lipinski definition) is 4. The van der Waals surface area contributed by atoms with E-state index in [1.54, 1.807) is 12.1 Å². The van der Waals surface area contributed by atoms with Gasteiger partial charge in [-0.1, -0.05) is 42.5 Å². The molecule has 1 atom stereocenters. The first-order chi connectivity index (χ1) is 11.1. The minimum absolute atomic E-state index is 0.122. The summed E-state index contributed by atoms with van der Waals surface area (Å²) in [6.07, 6.45) is 1.32. The highest BCUT2D eigenvalue weighted by molar-refractivity contribution is 5.32. The van der Waals surface area contributed by atoms with E-state index < -0.39 is 6.10 Å². The fraction of sp³-hybridized carbons (Fsp3) is 0.333. The van der Waals surface area contributed by atoms with E-state index in [4.69, 9.17) is 0 Å². The van der Waals surface area contributed by atoms with Gasteiger partial charge in [-0.05, 0) is 37.6 Å². The number of aliphatic hydroxyl groups excluding tert-OH is 1. The van der Waals surface area contributed by atoms with Crippen LogP contribution in [0.4, 0.5) is 5.69 Å². The fourth-order valence-electron chi connectivity index (χ4n) is 2.50. The lowest BCUT2D eigenvalue weighted by Crippen LogP contribution is -2.26. The molecule has 0 saturated carbocycles. The highest BCUT2D eigenvalue weighted by atomic mass is 16.6. The van der Waals surface area contributed by atoms with E-state index in [0.717, 1.165) is 30.5 Å². The van der Waals surface area contributed by atoms with Gasteiger partial charge in [-0.2, -0.15) is 0 Å². The molecule has 0 spiro atoms. The second kappa shape index (κ2) is 8.41. The van der Waals surface area contributed by atoms with Crippen LogP contribution in [-0.4, -0.2) is 35.1 Å². The molecule has 1 N–H and O–H groups in total. The Morgan fingerprint density at radius 2 is 1.78 bits per heavy atom. The van der Waals surface area contributed by atoms with E-state index in [0.29, 0.717) is 6.54 Å². The van der Waals surface area contributed by atoms with Gasteiger partial charge in [0.25, 0.3) is 5.69 Å². The normalized spacial score (nSPS) is 12.3. The summed E-state index contributed by atoms with van der Waals surface area (Å²) in [5.74, 6) is 0. The summed E-state index contributed by atoms with van der Waals surface area (Å²) in [4.78, 5) is 12.3. The van der Waals surface area contributed by atoms with Crippen molar-refractivity contribution in [1.29, 1.82) is 0 Å². The van der Waals surface area contributed by atoms with Gasteiger partial charge >= 0.3 is 0 Å². The van der Waals surface area contributed by atoms with Crippen LogP contribution < -0.4 is 0 Å². The zero-order valence-electron chi connectivity index (χ0n) is 13.3. The third kappa shape index (κ3) is 5.47. The molecule has 2 aromatic rings. The Balaban J connectivity index is 1.74. The quantitative estimate of drug-likeness (QED) is 0.600. The number of benzene rings is 2. The third-order valence-corrected chi connectivity index (χ3v) is 3.82. The Morgan fingerprint density at radius 1 is 1.13 bits per heavy atom. The van der Waals surface area contributed by atoms with Crippen molar-refractivity contribution < 1.29 is 10.0 Å². The molecule has 0 amide bonds. The number of aliphatic hydroxyl groups is 1. The summed E-state index contributed by atoms with van der Waals surface area (Å²) in [6, 6.07) is 16.3. The number of hydrogen-bond donors (Lipinski definition) is 1. The van der Waals surface area contributed by atoms with Gasteiger partial charge in [-0.25, -0.2) is 0 Å². The minimum Gasteiger partial charge on any atom is -0.387 e. The summed E-state index contributed by atoms with van der Waals surface area (Å²) in [5.41, 5.74) is 2.14. The number of nitrogens with zero attached hydrogens (tertiary/aromatic N) is 2. The molecule has 0 saturated heterocycles. The standard InChI is InChI=1S/C18H22N2O3/c1-19(14-18(21)16-7-3-2-4-8-16)13-5-6-15-9-11-17(12-10-15)20(22)23/h2-4,7-12,18,21H,5-6,13-14H2,1H3/t18-/m1/s1. The molecule has 0 aliphatic heterocycles. The van der Waals surface area contributed by atoms with Crippen LogP contribution in [0.2, 0.25) is 0 Å². The van der Waals surface area contributed by atoms with Gasteiger partial charge in [0.1, 0.15) is 0 Å². The second-order valence-electron chi connectivity index (χ2n) is 5.72. The molecule has 0 heterocycles. The highest BCUT2D eigenvalue weighted by Gasteiger charge is 2.10. The van der Waals surface area contributed by atoms with Gasteiger partial charge in [0.05, 0.1) is 11.0 Å². The maximum atomic E-state index is 10.6. The van der Waals surface area contributed by atoms with Gasteiger partial charge in [-0.3, -0.25) is 10.1 Å². The average Bonchev–Trinajstić information content (AvgIpc) is 2.56. The highest BCUT2D eigenvalue weighted by Crippen LogP contribution is 2.15. The Bertz CT molecular complexity index is 614. The van der Waals surface area contributed by atoms with E-state index in [-0.39, 0.29) is 10.6 Å². The Morgan fingerprint density at radius 3 is 2.39 bits per heavy atom. The molecule has 5 nitrogen and oxygen atoms in total. The van der Waals surface area contributed by atoms with E-state index in [1.165, 1.54) is 12.1 Å². The summed E-state index contributed by atoms with van der Waals surface area (Å²) in [7, 11) is 1.99. The summed E-state index contributed by atoms with van der Waals surface area (Å²) in [5, 5.41) is 20.8. The van der Waals surface area contributed by atoms with Gasteiger partial charge in [-0.15, -0.1) is 0 Å². The maximum absolute atomic E-state index is 10.6. The van der Waals surface area contributed by atoms with Crippen molar-refractivity contribution in [2.45, 2.75) is 18.9 Å². The van der Waals surface area contributed by atoms with Crippen molar-refractivity contribution in [2.75, 3.05) is 20.1 Å². The number of nitro groups is 1. The molecule has 0 radical (unpaired) electrons. The lowest BCUT2D eigenvalue weighted by Gasteiger charge is -2.20. The molecule has 2 rings (SSSR count). The molecule has 122 valence electrons. The summed E-state index contributed by atoms with van der Waals surface area (Å²) in [6.45, 7) is 1.45. The molecule has 0 unspecified atom stereocenters. The number of non-ortho nitro benzene ring substituents is 1. The van der Waals surface area contributed by atoms with Crippen molar-refractivity contribution in [3.63, 3.8) is 0 Å². The molecule has 23 heavy (non-hydrogen) atoms. The van der Waals surface area contributed by atoms with Gasteiger partial charge in [0.15, 0.2) is 0 Å². The van der Waals surface area contributed by atoms with E-state index in [2.05, 4.69) is 4.90 Å². The van der Waals surface area contributed by atoms with Crippen molar-refractivity contribution in [3.8, 4) is 0 Å². The van der Waals surface area contributed by atoms with Crippen molar-refractivity contribution >= 4 is 5.69 Å². The first-order valence-electron chi connectivity index (χ1n) is 7.71. The predicted molar refractivity (Wildman–Crippen MR) is 90.3 cm³/mol. The monoisotopic (exact) mass is 314 g/mol.